The number of nitrogens with zero attached hydrogens (tertiary/aromatic N) is 1. The molecule has 2 nitrogen and oxygen atoms in total. The molecule has 2 rings (SSSR count). The molecular weight excluding hydrogens is 306 g/mol. The van der Waals surface area contributed by atoms with Gasteiger partial charge in [-0.05, 0) is 55.4 Å². The van der Waals surface area contributed by atoms with E-state index in [2.05, 4.69) is 58.1 Å². The Balaban J connectivity index is 1.82. The van der Waals surface area contributed by atoms with Crippen molar-refractivity contribution in [1.82, 2.24) is 0 Å². The normalized spacial score (nSPS) is 22.0. The Kier molecular flexibility index (Phi) is 8.18. The highest BCUT2D eigenvalue weighted by Gasteiger charge is 2.28. The van der Waals surface area contributed by atoms with E-state index in [4.69, 9.17) is 4.74 Å². The van der Waals surface area contributed by atoms with Gasteiger partial charge in [-0.1, -0.05) is 42.8 Å². The lowest BCUT2D eigenvalue weighted by Gasteiger charge is -2.25. The number of rotatable bonds is 11. The molecule has 1 saturated carbocycles. The van der Waals surface area contributed by atoms with Crippen molar-refractivity contribution < 1.29 is 9.22 Å². The lowest BCUT2D eigenvalue weighted by molar-refractivity contribution is -0.870. The van der Waals surface area contributed by atoms with Crippen LogP contribution in [0.1, 0.15) is 37.7 Å². The molecule has 1 aliphatic carbocycles. The van der Waals surface area contributed by atoms with Gasteiger partial charge >= 0.3 is 0 Å². The molecule has 1 aromatic carbocycles. The Morgan fingerprint density at radius 2 is 1.88 bits per heavy atom. The SMILES string of the molecule is C=CCOCC(Cc1ccccc1)CC1CCC(CC[N+](C)(C)C)C1. The molecule has 0 N–H and O–H groups in total. The molecule has 2 heteroatoms. The molecule has 25 heavy (non-hydrogen) atoms. The smallest absolute Gasteiger partial charge is 0.0783 e. The monoisotopic (exact) mass is 344 g/mol. The van der Waals surface area contributed by atoms with Gasteiger partial charge in [0.1, 0.15) is 0 Å². The van der Waals surface area contributed by atoms with Crippen LogP contribution in [0.15, 0.2) is 43.0 Å². The van der Waals surface area contributed by atoms with Crippen molar-refractivity contribution in [3.63, 3.8) is 0 Å². The van der Waals surface area contributed by atoms with Crippen LogP contribution in [0.4, 0.5) is 0 Å². The van der Waals surface area contributed by atoms with Crippen LogP contribution >= 0.6 is 0 Å². The number of ether oxygens (including phenoxy) is 1. The molecule has 0 saturated heterocycles. The van der Waals surface area contributed by atoms with Crippen molar-refractivity contribution in [2.45, 2.75) is 38.5 Å². The second kappa shape index (κ2) is 10.1. The minimum atomic E-state index is 0.629. The molecule has 0 aromatic heterocycles. The van der Waals surface area contributed by atoms with E-state index in [0.717, 1.165) is 29.3 Å². The molecule has 0 amide bonds. The van der Waals surface area contributed by atoms with E-state index in [9.17, 15) is 0 Å². The summed E-state index contributed by atoms with van der Waals surface area (Å²) in [5.74, 6) is 2.46. The summed E-state index contributed by atoms with van der Waals surface area (Å²) >= 11 is 0. The van der Waals surface area contributed by atoms with Crippen molar-refractivity contribution in [1.29, 1.82) is 0 Å². The molecule has 3 atom stereocenters. The Labute approximate surface area is 155 Å². The third-order valence-electron chi connectivity index (χ3n) is 5.48. The second-order valence-electron chi connectivity index (χ2n) is 8.97. The van der Waals surface area contributed by atoms with E-state index in [0.29, 0.717) is 12.5 Å². The van der Waals surface area contributed by atoms with Crippen LogP contribution in [-0.2, 0) is 11.2 Å². The van der Waals surface area contributed by atoms with Crippen LogP contribution < -0.4 is 0 Å². The van der Waals surface area contributed by atoms with Gasteiger partial charge in [-0.25, -0.2) is 0 Å². The lowest BCUT2D eigenvalue weighted by Crippen LogP contribution is -2.36. The quantitative estimate of drug-likeness (QED) is 0.313. The Morgan fingerprint density at radius 1 is 1.16 bits per heavy atom. The summed E-state index contributed by atoms with van der Waals surface area (Å²) < 4.78 is 6.92. The average Bonchev–Trinajstić information content (AvgIpc) is 3.01. The molecule has 0 aliphatic heterocycles. The maximum atomic E-state index is 5.83. The van der Waals surface area contributed by atoms with Crippen molar-refractivity contribution in [3.8, 4) is 0 Å². The van der Waals surface area contributed by atoms with Crippen LogP contribution in [0.2, 0.25) is 0 Å². The molecule has 0 heterocycles. The zero-order chi connectivity index (χ0) is 18.1. The largest absolute Gasteiger partial charge is 0.377 e. The summed E-state index contributed by atoms with van der Waals surface area (Å²) in [7, 11) is 6.91. The first-order valence-corrected chi connectivity index (χ1v) is 9.99. The Bertz CT molecular complexity index is 491. The minimum Gasteiger partial charge on any atom is -0.377 e. The highest BCUT2D eigenvalue weighted by molar-refractivity contribution is 5.15. The van der Waals surface area contributed by atoms with Gasteiger partial charge in [-0.3, -0.25) is 0 Å². The average molecular weight is 345 g/mol. The molecule has 1 fully saturated rings. The first-order chi connectivity index (χ1) is 12.0. The fraction of sp³-hybridized carbons (Fsp3) is 0.652. The van der Waals surface area contributed by atoms with Crippen molar-refractivity contribution in [3.05, 3.63) is 48.6 Å². The topological polar surface area (TPSA) is 9.23 Å². The Morgan fingerprint density at radius 3 is 2.56 bits per heavy atom. The van der Waals surface area contributed by atoms with Gasteiger partial charge in [0.25, 0.3) is 0 Å². The summed E-state index contributed by atoms with van der Waals surface area (Å²) in [6, 6.07) is 10.9. The van der Waals surface area contributed by atoms with E-state index in [1.54, 1.807) is 0 Å². The first kappa shape index (κ1) is 20.2. The summed E-state index contributed by atoms with van der Waals surface area (Å²) in [5.41, 5.74) is 1.44. The highest BCUT2D eigenvalue weighted by Crippen LogP contribution is 2.37. The number of benzene rings is 1. The van der Waals surface area contributed by atoms with E-state index in [1.807, 2.05) is 6.08 Å². The third kappa shape index (κ3) is 8.20. The maximum absolute atomic E-state index is 5.83. The number of hydrogen-bond donors (Lipinski definition) is 0. The van der Waals surface area contributed by atoms with Crippen LogP contribution in [0.5, 0.6) is 0 Å². The molecule has 140 valence electrons. The van der Waals surface area contributed by atoms with Gasteiger partial charge in [0.15, 0.2) is 0 Å². The van der Waals surface area contributed by atoms with Crippen LogP contribution in [0.3, 0.4) is 0 Å². The zero-order valence-electron chi connectivity index (χ0n) is 16.6. The van der Waals surface area contributed by atoms with Crippen LogP contribution in [0, 0.1) is 17.8 Å². The summed E-state index contributed by atoms with van der Waals surface area (Å²) in [6.45, 7) is 6.60. The number of quaternary nitrogens is 1. The molecule has 1 aliphatic rings. The minimum absolute atomic E-state index is 0.629. The highest BCUT2D eigenvalue weighted by atomic mass is 16.5. The third-order valence-corrected chi connectivity index (χ3v) is 5.48. The molecule has 1 aromatic rings. The van der Waals surface area contributed by atoms with Gasteiger partial charge in [-0.2, -0.15) is 0 Å². The second-order valence-corrected chi connectivity index (χ2v) is 8.97. The van der Waals surface area contributed by atoms with Crippen molar-refractivity contribution in [2.24, 2.45) is 17.8 Å². The van der Waals surface area contributed by atoms with Crippen LogP contribution in [-0.4, -0.2) is 45.4 Å². The predicted octanol–water partition coefficient (Wildman–Crippen LogP) is 4.95. The van der Waals surface area contributed by atoms with Gasteiger partial charge in [-0.15, -0.1) is 6.58 Å². The predicted molar refractivity (Wildman–Crippen MR) is 108 cm³/mol. The fourth-order valence-electron chi connectivity index (χ4n) is 4.17. The number of hydrogen-bond acceptors (Lipinski definition) is 1. The summed E-state index contributed by atoms with van der Waals surface area (Å²) in [4.78, 5) is 0. The molecule has 0 radical (unpaired) electrons. The fourth-order valence-corrected chi connectivity index (χ4v) is 4.17. The van der Waals surface area contributed by atoms with Gasteiger partial charge in [0, 0.05) is 0 Å². The van der Waals surface area contributed by atoms with Gasteiger partial charge in [0.05, 0.1) is 40.9 Å². The Hall–Kier alpha value is -1.12. The lowest BCUT2D eigenvalue weighted by atomic mass is 9.88. The zero-order valence-corrected chi connectivity index (χ0v) is 16.6. The molecule has 0 bridgehead atoms. The first-order valence-electron chi connectivity index (χ1n) is 9.99. The van der Waals surface area contributed by atoms with E-state index in [1.165, 1.54) is 44.2 Å². The molecular formula is C23H38NO+. The van der Waals surface area contributed by atoms with Crippen molar-refractivity contribution >= 4 is 0 Å². The van der Waals surface area contributed by atoms with Gasteiger partial charge in [0.2, 0.25) is 0 Å². The van der Waals surface area contributed by atoms with E-state index < -0.39 is 0 Å². The van der Waals surface area contributed by atoms with E-state index >= 15 is 0 Å². The van der Waals surface area contributed by atoms with Gasteiger partial charge < -0.3 is 9.22 Å². The van der Waals surface area contributed by atoms with Crippen molar-refractivity contribution in [2.75, 3.05) is 40.9 Å². The summed E-state index contributed by atoms with van der Waals surface area (Å²) in [6.07, 6.45) is 9.95. The molecule has 3 unspecified atom stereocenters. The standard InChI is InChI=1S/C23H38NO/c1-5-15-25-19-23(17-20-9-7-6-8-10-20)18-22-12-11-21(16-22)13-14-24(2,3)4/h5-10,21-23H,1,11-19H2,2-4H3/q+1. The van der Waals surface area contributed by atoms with E-state index in [-0.39, 0.29) is 0 Å². The van der Waals surface area contributed by atoms with Crippen LogP contribution in [0.25, 0.3) is 0 Å². The molecule has 0 spiro atoms. The maximum Gasteiger partial charge on any atom is 0.0783 e. The summed E-state index contributed by atoms with van der Waals surface area (Å²) in [5, 5.41) is 0.